The van der Waals surface area contributed by atoms with Crippen molar-refractivity contribution >= 4 is 27.5 Å². The highest BCUT2D eigenvalue weighted by Crippen LogP contribution is 2.27. The van der Waals surface area contributed by atoms with Crippen LogP contribution in [0.2, 0.25) is 5.02 Å². The maximum absolute atomic E-state index is 13.2. The number of nitrogens with two attached hydrogens (primary N) is 1. The van der Waals surface area contributed by atoms with E-state index in [2.05, 4.69) is 15.9 Å². The summed E-state index contributed by atoms with van der Waals surface area (Å²) in [5, 5.41) is 0.615. The third-order valence-corrected chi connectivity index (χ3v) is 3.71. The summed E-state index contributed by atoms with van der Waals surface area (Å²) in [6.45, 7) is 2.09. The molecule has 0 aliphatic heterocycles. The Bertz CT molecular complexity index is 619. The van der Waals surface area contributed by atoms with Crippen molar-refractivity contribution in [1.29, 1.82) is 0 Å². The van der Waals surface area contributed by atoms with Crippen molar-refractivity contribution in [3.63, 3.8) is 0 Å². The third-order valence-electron chi connectivity index (χ3n) is 2.86. The van der Waals surface area contributed by atoms with E-state index in [0.717, 1.165) is 10.0 Å². The van der Waals surface area contributed by atoms with Crippen LogP contribution >= 0.6 is 27.5 Å². The number of hydrogen-bond donors (Lipinski definition) is 1. The zero-order chi connectivity index (χ0) is 14.7. The van der Waals surface area contributed by atoms with Gasteiger partial charge < -0.3 is 10.5 Å². The lowest BCUT2D eigenvalue weighted by molar-refractivity contribution is 0.301. The van der Waals surface area contributed by atoms with Gasteiger partial charge in [0, 0.05) is 26.7 Å². The van der Waals surface area contributed by atoms with Crippen LogP contribution in [0.3, 0.4) is 0 Å². The highest BCUT2D eigenvalue weighted by atomic mass is 79.9. The zero-order valence-electron chi connectivity index (χ0n) is 10.9. The van der Waals surface area contributed by atoms with Gasteiger partial charge in [-0.05, 0) is 37.3 Å². The second kappa shape index (κ2) is 6.57. The first kappa shape index (κ1) is 15.3. The molecule has 1 atom stereocenters. The van der Waals surface area contributed by atoms with Crippen LogP contribution in [0.25, 0.3) is 0 Å². The zero-order valence-corrected chi connectivity index (χ0v) is 13.2. The molecular formula is C15H14BrClFNO. The standard InChI is InChI=1S/C15H14BrClFNO/c1-9(19)13-7-12(18)4-5-15(13)20-8-10-2-3-11(16)6-14(10)17/h2-7,9H,8,19H2,1H3/t9-/m1/s1. The Morgan fingerprint density at radius 3 is 2.70 bits per heavy atom. The lowest BCUT2D eigenvalue weighted by atomic mass is 10.1. The molecule has 0 radical (unpaired) electrons. The number of halogens is 3. The first-order valence-corrected chi connectivity index (χ1v) is 7.26. The van der Waals surface area contributed by atoms with Gasteiger partial charge in [0.15, 0.2) is 0 Å². The van der Waals surface area contributed by atoms with Gasteiger partial charge in [-0.15, -0.1) is 0 Å². The molecule has 0 saturated heterocycles. The summed E-state index contributed by atoms with van der Waals surface area (Å²) in [5.74, 6) is 0.242. The third kappa shape index (κ3) is 3.72. The molecule has 0 fully saturated rings. The minimum atomic E-state index is -0.327. The molecule has 2 aromatic carbocycles. The first-order chi connectivity index (χ1) is 9.47. The van der Waals surface area contributed by atoms with E-state index in [4.69, 9.17) is 22.1 Å². The lowest BCUT2D eigenvalue weighted by Crippen LogP contribution is -2.08. The topological polar surface area (TPSA) is 35.2 Å². The molecule has 0 spiro atoms. The largest absolute Gasteiger partial charge is 0.489 e. The van der Waals surface area contributed by atoms with Crippen molar-refractivity contribution < 1.29 is 9.13 Å². The summed E-state index contributed by atoms with van der Waals surface area (Å²) >= 11 is 9.48. The summed E-state index contributed by atoms with van der Waals surface area (Å²) in [6.07, 6.45) is 0. The van der Waals surface area contributed by atoms with Crippen molar-refractivity contribution in [2.75, 3.05) is 0 Å². The van der Waals surface area contributed by atoms with E-state index in [1.54, 1.807) is 19.1 Å². The van der Waals surface area contributed by atoms with Gasteiger partial charge in [0.25, 0.3) is 0 Å². The SMILES string of the molecule is C[C@@H](N)c1cc(F)ccc1OCc1ccc(Br)cc1Cl. The van der Waals surface area contributed by atoms with Crippen LogP contribution in [0.1, 0.15) is 24.1 Å². The Morgan fingerprint density at radius 1 is 1.30 bits per heavy atom. The van der Waals surface area contributed by atoms with Crippen molar-refractivity contribution in [1.82, 2.24) is 0 Å². The van der Waals surface area contributed by atoms with Gasteiger partial charge >= 0.3 is 0 Å². The first-order valence-electron chi connectivity index (χ1n) is 6.09. The maximum atomic E-state index is 13.2. The molecule has 2 rings (SSSR count). The Labute approximate surface area is 130 Å². The molecule has 0 aromatic heterocycles. The second-order valence-electron chi connectivity index (χ2n) is 4.50. The van der Waals surface area contributed by atoms with Gasteiger partial charge in [0.1, 0.15) is 18.2 Å². The molecule has 0 aliphatic carbocycles. The van der Waals surface area contributed by atoms with Crippen molar-refractivity contribution in [3.8, 4) is 5.75 Å². The fourth-order valence-electron chi connectivity index (χ4n) is 1.80. The van der Waals surface area contributed by atoms with Gasteiger partial charge in [-0.25, -0.2) is 4.39 Å². The molecule has 2 aromatic rings. The Balaban J connectivity index is 2.18. The second-order valence-corrected chi connectivity index (χ2v) is 5.82. The lowest BCUT2D eigenvalue weighted by Gasteiger charge is -2.14. The summed E-state index contributed by atoms with van der Waals surface area (Å²) in [7, 11) is 0. The molecule has 0 amide bonds. The van der Waals surface area contributed by atoms with Crippen LogP contribution in [-0.4, -0.2) is 0 Å². The predicted octanol–water partition coefficient (Wildman–Crippen LogP) is 4.84. The number of hydrogen-bond acceptors (Lipinski definition) is 2. The molecule has 0 unspecified atom stereocenters. The van der Waals surface area contributed by atoms with Crippen LogP contribution in [-0.2, 0) is 6.61 Å². The molecule has 0 heterocycles. The van der Waals surface area contributed by atoms with Gasteiger partial charge in [-0.1, -0.05) is 33.6 Å². The fraction of sp³-hybridized carbons (Fsp3) is 0.200. The molecule has 0 bridgehead atoms. The molecule has 20 heavy (non-hydrogen) atoms. The summed E-state index contributed by atoms with van der Waals surface area (Å²) < 4.78 is 19.9. The van der Waals surface area contributed by atoms with Crippen molar-refractivity contribution in [3.05, 3.63) is 62.8 Å². The van der Waals surface area contributed by atoms with Crippen molar-refractivity contribution in [2.24, 2.45) is 5.73 Å². The van der Waals surface area contributed by atoms with Crippen LogP contribution in [0.5, 0.6) is 5.75 Å². The van der Waals surface area contributed by atoms with Crippen LogP contribution in [0.4, 0.5) is 4.39 Å². The smallest absolute Gasteiger partial charge is 0.124 e. The molecule has 106 valence electrons. The van der Waals surface area contributed by atoms with E-state index in [1.807, 2.05) is 12.1 Å². The molecule has 0 saturated carbocycles. The van der Waals surface area contributed by atoms with Gasteiger partial charge in [-0.3, -0.25) is 0 Å². The Hall–Kier alpha value is -1.10. The van der Waals surface area contributed by atoms with E-state index in [0.29, 0.717) is 22.9 Å². The Kier molecular flexibility index (Phi) is 5.02. The minimum Gasteiger partial charge on any atom is -0.489 e. The van der Waals surface area contributed by atoms with E-state index in [9.17, 15) is 4.39 Å². The molecule has 2 N–H and O–H groups in total. The average Bonchev–Trinajstić information content (AvgIpc) is 2.38. The van der Waals surface area contributed by atoms with Crippen LogP contribution in [0, 0.1) is 5.82 Å². The number of benzene rings is 2. The van der Waals surface area contributed by atoms with Gasteiger partial charge in [-0.2, -0.15) is 0 Å². The summed E-state index contributed by atoms with van der Waals surface area (Å²) in [4.78, 5) is 0. The quantitative estimate of drug-likeness (QED) is 0.848. The minimum absolute atomic E-state index is 0.303. The molecule has 5 heteroatoms. The van der Waals surface area contributed by atoms with E-state index >= 15 is 0 Å². The molecule has 0 aliphatic rings. The maximum Gasteiger partial charge on any atom is 0.124 e. The number of rotatable bonds is 4. The molecular weight excluding hydrogens is 345 g/mol. The van der Waals surface area contributed by atoms with Gasteiger partial charge in [0.05, 0.1) is 0 Å². The van der Waals surface area contributed by atoms with Crippen molar-refractivity contribution in [2.45, 2.75) is 19.6 Å². The average molecular weight is 359 g/mol. The summed E-state index contributed by atoms with van der Waals surface area (Å²) in [5.41, 5.74) is 7.32. The van der Waals surface area contributed by atoms with Gasteiger partial charge in [0.2, 0.25) is 0 Å². The highest BCUT2D eigenvalue weighted by Gasteiger charge is 2.10. The molecule has 2 nitrogen and oxygen atoms in total. The fourth-order valence-corrected chi connectivity index (χ4v) is 2.53. The van der Waals surface area contributed by atoms with E-state index < -0.39 is 0 Å². The van der Waals surface area contributed by atoms with Crippen LogP contribution in [0.15, 0.2) is 40.9 Å². The number of ether oxygens (including phenoxy) is 1. The summed E-state index contributed by atoms with van der Waals surface area (Å²) in [6, 6.07) is 9.59. The van der Waals surface area contributed by atoms with Crippen LogP contribution < -0.4 is 10.5 Å². The monoisotopic (exact) mass is 357 g/mol. The highest BCUT2D eigenvalue weighted by molar-refractivity contribution is 9.10. The van der Waals surface area contributed by atoms with E-state index in [-0.39, 0.29) is 11.9 Å². The van der Waals surface area contributed by atoms with E-state index in [1.165, 1.54) is 12.1 Å². The Morgan fingerprint density at radius 2 is 2.05 bits per heavy atom. The normalized spacial score (nSPS) is 12.2. The predicted molar refractivity (Wildman–Crippen MR) is 82.5 cm³/mol.